The number of halogens is 1. The van der Waals surface area contributed by atoms with Crippen molar-refractivity contribution >= 4 is 23.7 Å². The van der Waals surface area contributed by atoms with Crippen molar-refractivity contribution in [2.45, 2.75) is 65.1 Å². The summed E-state index contributed by atoms with van der Waals surface area (Å²) >= 11 is 1.67. The average Bonchev–Trinajstić information content (AvgIpc) is 3.01. The van der Waals surface area contributed by atoms with E-state index in [9.17, 15) is 9.18 Å². The standard InChI is InChI=1S/C34H44FN7O3S/c1-5-42(23(2)3)33(43)26-15-24(35)7-8-29(26)45-31-18-36-22-38-32(31)41-20-34(21-41)16-25(17-34)44-30-9-12-37-28-10-14-40(19-27(28)30)13-6-11-39-46-4/h7-9,12,15,18,22-23,25,39H,5-6,10-11,13-14,16-17,19-21H2,1-4H3. The highest BCUT2D eigenvalue weighted by Gasteiger charge is 2.54. The Morgan fingerprint density at radius 1 is 1.20 bits per heavy atom. The molecule has 46 heavy (non-hydrogen) atoms. The molecule has 246 valence electrons. The number of nitrogens with one attached hydrogen (secondary N) is 1. The lowest BCUT2D eigenvalue weighted by molar-refractivity contribution is -0.0352. The maximum Gasteiger partial charge on any atom is 0.257 e. The van der Waals surface area contributed by atoms with E-state index in [2.05, 4.69) is 35.7 Å². The zero-order chi connectivity index (χ0) is 32.3. The lowest BCUT2D eigenvalue weighted by Crippen LogP contribution is -2.65. The van der Waals surface area contributed by atoms with Gasteiger partial charge in [0.05, 0.1) is 11.8 Å². The van der Waals surface area contributed by atoms with Gasteiger partial charge >= 0.3 is 0 Å². The Morgan fingerprint density at radius 3 is 2.78 bits per heavy atom. The van der Waals surface area contributed by atoms with E-state index in [0.29, 0.717) is 18.1 Å². The number of hydrogen-bond donors (Lipinski definition) is 1. The lowest BCUT2D eigenvalue weighted by Gasteiger charge is -2.59. The first-order valence-electron chi connectivity index (χ1n) is 16.2. The van der Waals surface area contributed by atoms with E-state index in [1.54, 1.807) is 23.0 Å². The summed E-state index contributed by atoms with van der Waals surface area (Å²) in [5, 5.41) is 0. The maximum absolute atomic E-state index is 14.3. The molecule has 1 N–H and O–H groups in total. The summed E-state index contributed by atoms with van der Waals surface area (Å²) in [4.78, 5) is 33.1. The fraction of sp³-hybridized carbons (Fsp3) is 0.529. The van der Waals surface area contributed by atoms with Crippen LogP contribution in [-0.4, -0.2) is 88.3 Å². The van der Waals surface area contributed by atoms with Crippen molar-refractivity contribution in [1.29, 1.82) is 0 Å². The van der Waals surface area contributed by atoms with Gasteiger partial charge in [0.1, 0.15) is 29.7 Å². The number of benzene rings is 1. The van der Waals surface area contributed by atoms with Crippen LogP contribution in [0.5, 0.6) is 17.2 Å². The van der Waals surface area contributed by atoms with Crippen LogP contribution >= 0.6 is 11.9 Å². The fourth-order valence-electron chi connectivity index (χ4n) is 6.98. The van der Waals surface area contributed by atoms with Gasteiger partial charge in [0.15, 0.2) is 11.6 Å². The number of amides is 1. The molecule has 2 aromatic heterocycles. The smallest absolute Gasteiger partial charge is 0.257 e. The van der Waals surface area contributed by atoms with E-state index in [1.807, 2.05) is 33.0 Å². The molecule has 6 rings (SSSR count). The van der Waals surface area contributed by atoms with Crippen LogP contribution in [0, 0.1) is 11.2 Å². The van der Waals surface area contributed by atoms with Gasteiger partial charge in [0, 0.05) is 74.6 Å². The molecule has 1 aliphatic carbocycles. The largest absolute Gasteiger partial charge is 0.490 e. The van der Waals surface area contributed by atoms with Gasteiger partial charge in [-0.1, -0.05) is 11.9 Å². The summed E-state index contributed by atoms with van der Waals surface area (Å²) in [6.07, 6.45) is 11.2. The lowest BCUT2D eigenvalue weighted by atomic mass is 9.61. The first-order chi connectivity index (χ1) is 22.3. The number of anilines is 1. The minimum Gasteiger partial charge on any atom is -0.490 e. The van der Waals surface area contributed by atoms with Crippen molar-refractivity contribution in [2.75, 3.05) is 50.4 Å². The Kier molecular flexibility index (Phi) is 9.95. The van der Waals surface area contributed by atoms with Crippen molar-refractivity contribution in [3.63, 3.8) is 0 Å². The van der Waals surface area contributed by atoms with Gasteiger partial charge in [-0.15, -0.1) is 0 Å². The highest BCUT2D eigenvalue weighted by atomic mass is 32.2. The Morgan fingerprint density at radius 2 is 2.02 bits per heavy atom. The van der Waals surface area contributed by atoms with Crippen molar-refractivity contribution in [2.24, 2.45) is 5.41 Å². The van der Waals surface area contributed by atoms with Crippen LogP contribution in [0.3, 0.4) is 0 Å². The monoisotopic (exact) mass is 649 g/mol. The topological polar surface area (TPSA) is 96.0 Å². The average molecular weight is 650 g/mol. The van der Waals surface area contributed by atoms with Gasteiger partial charge in [0.25, 0.3) is 5.91 Å². The van der Waals surface area contributed by atoms with Crippen LogP contribution in [0.15, 0.2) is 43.0 Å². The predicted octanol–water partition coefficient (Wildman–Crippen LogP) is 5.34. The predicted molar refractivity (Wildman–Crippen MR) is 178 cm³/mol. The summed E-state index contributed by atoms with van der Waals surface area (Å²) in [5.41, 5.74) is 2.75. The SMILES string of the molecule is CCN(C(=O)c1cc(F)ccc1Oc1cncnc1N1CC2(CC(Oc3ccnc4c3CN(CCCNSC)CC4)C2)C1)C(C)C. The molecule has 2 aliphatic heterocycles. The summed E-state index contributed by atoms with van der Waals surface area (Å²) in [6, 6.07) is 6.03. The number of pyridine rings is 1. The summed E-state index contributed by atoms with van der Waals surface area (Å²) < 4.78 is 30.4. The number of carbonyl (C=O) groups excluding carboxylic acids is 1. The van der Waals surface area contributed by atoms with Gasteiger partial charge in [-0.25, -0.2) is 14.4 Å². The number of fused-ring (bicyclic) bond motifs is 1. The Balaban J connectivity index is 1.07. The molecule has 1 amide bonds. The number of rotatable bonds is 13. The van der Waals surface area contributed by atoms with E-state index >= 15 is 0 Å². The molecule has 2 fully saturated rings. The fourth-order valence-corrected chi connectivity index (χ4v) is 7.33. The van der Waals surface area contributed by atoms with Crippen LogP contribution in [-0.2, 0) is 13.0 Å². The number of aromatic nitrogens is 3. The van der Waals surface area contributed by atoms with E-state index < -0.39 is 5.82 Å². The van der Waals surface area contributed by atoms with Gasteiger partial charge in [-0.05, 0) is 77.1 Å². The second kappa shape index (κ2) is 14.1. The minimum absolute atomic E-state index is 0.0344. The van der Waals surface area contributed by atoms with E-state index in [-0.39, 0.29) is 34.8 Å². The van der Waals surface area contributed by atoms with Crippen LogP contribution in [0.4, 0.5) is 10.2 Å². The molecule has 10 nitrogen and oxygen atoms in total. The molecule has 4 heterocycles. The van der Waals surface area contributed by atoms with Crippen molar-refractivity contribution in [3.8, 4) is 17.2 Å². The van der Waals surface area contributed by atoms with Crippen molar-refractivity contribution in [1.82, 2.24) is 29.5 Å². The third kappa shape index (κ3) is 6.94. The van der Waals surface area contributed by atoms with Gasteiger partial charge in [-0.3, -0.25) is 19.4 Å². The van der Waals surface area contributed by atoms with Crippen LogP contribution < -0.4 is 19.1 Å². The molecule has 12 heteroatoms. The third-order valence-electron chi connectivity index (χ3n) is 9.29. The molecular weight excluding hydrogens is 605 g/mol. The van der Waals surface area contributed by atoms with E-state index in [1.165, 1.54) is 30.1 Å². The summed E-state index contributed by atoms with van der Waals surface area (Å²) in [5.74, 6) is 1.60. The molecule has 1 spiro atoms. The molecule has 3 aromatic rings. The Labute approximate surface area is 275 Å². The normalized spacial score (nSPS) is 17.4. The van der Waals surface area contributed by atoms with Crippen molar-refractivity contribution < 1.29 is 18.7 Å². The molecule has 0 atom stereocenters. The van der Waals surface area contributed by atoms with Crippen LogP contribution in [0.1, 0.15) is 61.6 Å². The molecule has 0 bridgehead atoms. The van der Waals surface area contributed by atoms with Gasteiger partial charge < -0.3 is 19.3 Å². The quantitative estimate of drug-likeness (QED) is 0.193. The molecular formula is C34H44FN7O3S. The zero-order valence-electron chi connectivity index (χ0n) is 27.2. The third-order valence-corrected chi connectivity index (χ3v) is 9.78. The number of ether oxygens (including phenoxy) is 2. The van der Waals surface area contributed by atoms with Crippen LogP contribution in [0.2, 0.25) is 0 Å². The molecule has 1 saturated heterocycles. The maximum atomic E-state index is 14.3. The van der Waals surface area contributed by atoms with Crippen molar-refractivity contribution in [3.05, 3.63) is 65.6 Å². The molecule has 3 aliphatic rings. The second-order valence-corrected chi connectivity index (χ2v) is 13.6. The molecule has 1 aromatic carbocycles. The van der Waals surface area contributed by atoms with Gasteiger partial charge in [-0.2, -0.15) is 0 Å². The highest BCUT2D eigenvalue weighted by Crippen LogP contribution is 2.52. The summed E-state index contributed by atoms with van der Waals surface area (Å²) in [6.45, 7) is 11.9. The number of carbonyl (C=O) groups is 1. The number of hydrogen-bond acceptors (Lipinski definition) is 10. The minimum atomic E-state index is -0.490. The van der Waals surface area contributed by atoms with Crippen LogP contribution in [0.25, 0.3) is 0 Å². The zero-order valence-corrected chi connectivity index (χ0v) is 28.0. The Hall–Kier alpha value is -3.48. The second-order valence-electron chi connectivity index (χ2n) is 12.9. The number of nitrogens with zero attached hydrogens (tertiary/aromatic N) is 6. The Bertz CT molecular complexity index is 1530. The summed E-state index contributed by atoms with van der Waals surface area (Å²) in [7, 11) is 0. The van der Waals surface area contributed by atoms with Gasteiger partial charge in [0.2, 0.25) is 0 Å². The van der Waals surface area contributed by atoms with E-state index in [0.717, 1.165) is 76.4 Å². The first kappa shape index (κ1) is 32.5. The first-order valence-corrected chi connectivity index (χ1v) is 17.5. The molecule has 1 saturated carbocycles. The molecule has 0 radical (unpaired) electrons. The molecule has 0 unspecified atom stereocenters. The van der Waals surface area contributed by atoms with E-state index in [4.69, 9.17) is 9.47 Å². The highest BCUT2D eigenvalue weighted by molar-refractivity contribution is 7.96.